The highest BCUT2D eigenvalue weighted by Gasteiger charge is 2.25. The first-order valence-electron chi connectivity index (χ1n) is 8.96. The summed E-state index contributed by atoms with van der Waals surface area (Å²) >= 11 is 1.84. The quantitative estimate of drug-likeness (QED) is 0.332. The zero-order valence-electron chi connectivity index (χ0n) is 15.4. The van der Waals surface area contributed by atoms with Crippen molar-refractivity contribution in [3.63, 3.8) is 0 Å². The third kappa shape index (κ3) is 5.95. The van der Waals surface area contributed by atoms with Crippen LogP contribution in [-0.2, 0) is 6.54 Å². The second-order valence-electron chi connectivity index (χ2n) is 6.64. The monoisotopic (exact) mass is 488 g/mol. The van der Waals surface area contributed by atoms with Gasteiger partial charge < -0.3 is 10.6 Å². The van der Waals surface area contributed by atoms with Crippen LogP contribution in [0.2, 0.25) is 0 Å². The third-order valence-electron chi connectivity index (χ3n) is 4.82. The maximum absolute atomic E-state index is 4.34. The molecule has 1 aliphatic rings. The van der Waals surface area contributed by atoms with Crippen molar-refractivity contribution in [1.82, 2.24) is 25.7 Å². The Hall–Kier alpha value is -1.13. The van der Waals surface area contributed by atoms with Gasteiger partial charge in [0.2, 0.25) is 0 Å². The number of aromatic nitrogens is 2. The van der Waals surface area contributed by atoms with Gasteiger partial charge in [0.15, 0.2) is 5.96 Å². The van der Waals surface area contributed by atoms with Gasteiger partial charge in [-0.05, 0) is 49.4 Å². The van der Waals surface area contributed by atoms with Crippen molar-refractivity contribution in [3.8, 4) is 0 Å². The minimum atomic E-state index is 0. The predicted octanol–water partition coefficient (Wildman–Crippen LogP) is 3.23. The number of aromatic amines is 1. The second kappa shape index (κ2) is 10.9. The number of nitrogens with one attached hydrogen (secondary N) is 3. The van der Waals surface area contributed by atoms with Gasteiger partial charge in [0.25, 0.3) is 0 Å². The van der Waals surface area contributed by atoms with Crippen LogP contribution < -0.4 is 10.6 Å². The number of rotatable bonds is 6. The fraction of sp³-hybridized carbons (Fsp3) is 0.556. The van der Waals surface area contributed by atoms with Crippen molar-refractivity contribution >= 4 is 41.3 Å². The Morgan fingerprint density at radius 2 is 2.19 bits per heavy atom. The number of H-pyrrole nitrogens is 1. The van der Waals surface area contributed by atoms with Gasteiger partial charge in [-0.3, -0.25) is 15.0 Å². The van der Waals surface area contributed by atoms with E-state index in [1.807, 2.05) is 24.5 Å². The highest BCUT2D eigenvalue weighted by Crippen LogP contribution is 2.28. The molecule has 6 nitrogen and oxygen atoms in total. The molecule has 0 spiro atoms. The number of nitrogens with zero attached hydrogens (tertiary/aromatic N) is 3. The van der Waals surface area contributed by atoms with Crippen molar-refractivity contribution in [2.24, 2.45) is 10.9 Å². The maximum atomic E-state index is 4.34. The summed E-state index contributed by atoms with van der Waals surface area (Å²) in [5, 5.41) is 15.9. The van der Waals surface area contributed by atoms with Crippen LogP contribution in [0.1, 0.15) is 36.4 Å². The van der Waals surface area contributed by atoms with Crippen LogP contribution in [-0.4, -0.2) is 47.7 Å². The fourth-order valence-electron chi connectivity index (χ4n) is 3.21. The Labute approximate surface area is 176 Å². The Bertz CT molecular complexity index is 635. The van der Waals surface area contributed by atoms with E-state index in [0.717, 1.165) is 24.1 Å². The molecule has 0 bridgehead atoms. The molecule has 1 saturated heterocycles. The summed E-state index contributed by atoms with van der Waals surface area (Å²) in [6.07, 6.45) is 4.33. The molecule has 0 aromatic carbocycles. The lowest BCUT2D eigenvalue weighted by Gasteiger charge is -2.36. The molecule has 144 valence electrons. The predicted molar refractivity (Wildman–Crippen MR) is 119 cm³/mol. The first kappa shape index (κ1) is 21.2. The molecule has 26 heavy (non-hydrogen) atoms. The standard InChI is InChI=1S/C18H28N6S.HI/c1-14-6-9-24(10-7-14)16(17-4-3-11-25-17)13-21-18(19-2)20-12-15-5-8-22-23-15;/h3-5,8,11,14,16H,6-7,9-10,12-13H2,1-2H3,(H,22,23)(H2,19,20,21);1H. The number of guanidine groups is 1. The summed E-state index contributed by atoms with van der Waals surface area (Å²) in [5.74, 6) is 1.67. The second-order valence-corrected chi connectivity index (χ2v) is 7.62. The van der Waals surface area contributed by atoms with Crippen LogP contribution in [0, 0.1) is 5.92 Å². The highest BCUT2D eigenvalue weighted by atomic mass is 127. The maximum Gasteiger partial charge on any atom is 0.191 e. The van der Waals surface area contributed by atoms with E-state index in [-0.39, 0.29) is 24.0 Å². The zero-order chi connectivity index (χ0) is 17.5. The van der Waals surface area contributed by atoms with Crippen LogP contribution in [0.25, 0.3) is 0 Å². The topological polar surface area (TPSA) is 68.3 Å². The number of thiophene rings is 1. The minimum Gasteiger partial charge on any atom is -0.354 e. The van der Waals surface area contributed by atoms with Crippen LogP contribution in [0.15, 0.2) is 34.8 Å². The van der Waals surface area contributed by atoms with Gasteiger partial charge in [0.1, 0.15) is 0 Å². The first-order valence-corrected chi connectivity index (χ1v) is 9.84. The Morgan fingerprint density at radius 1 is 1.38 bits per heavy atom. The summed E-state index contributed by atoms with van der Waals surface area (Å²) in [7, 11) is 1.81. The normalized spacial score (nSPS) is 17.5. The molecule has 3 heterocycles. The number of halogens is 1. The molecule has 0 aliphatic carbocycles. The van der Waals surface area contributed by atoms with Gasteiger partial charge in [-0.25, -0.2) is 0 Å². The average molecular weight is 488 g/mol. The van der Waals surface area contributed by atoms with E-state index >= 15 is 0 Å². The molecule has 0 amide bonds. The Balaban J connectivity index is 0.00000243. The third-order valence-corrected chi connectivity index (χ3v) is 5.80. The van der Waals surface area contributed by atoms with Crippen molar-refractivity contribution in [3.05, 3.63) is 40.3 Å². The lowest BCUT2D eigenvalue weighted by molar-refractivity contribution is 0.140. The van der Waals surface area contributed by atoms with Crippen LogP contribution in [0.4, 0.5) is 0 Å². The van der Waals surface area contributed by atoms with Crippen LogP contribution in [0.5, 0.6) is 0 Å². The molecule has 3 rings (SSSR count). The summed E-state index contributed by atoms with van der Waals surface area (Å²) < 4.78 is 0. The molecule has 8 heteroatoms. The van der Waals surface area contributed by atoms with Crippen molar-refractivity contribution < 1.29 is 0 Å². The van der Waals surface area contributed by atoms with E-state index in [1.165, 1.54) is 30.8 Å². The molecular weight excluding hydrogens is 459 g/mol. The molecule has 1 aliphatic heterocycles. The van der Waals surface area contributed by atoms with Crippen LogP contribution >= 0.6 is 35.3 Å². The number of piperidine rings is 1. The SMILES string of the molecule is CN=C(NCc1ccn[nH]1)NCC(c1cccs1)N1CCC(C)CC1.I. The lowest BCUT2D eigenvalue weighted by Crippen LogP contribution is -2.44. The van der Waals surface area contributed by atoms with Gasteiger partial charge in [0, 0.05) is 24.7 Å². The molecule has 0 saturated carbocycles. The number of likely N-dealkylation sites (tertiary alicyclic amines) is 1. The zero-order valence-corrected chi connectivity index (χ0v) is 18.6. The summed E-state index contributed by atoms with van der Waals surface area (Å²) in [4.78, 5) is 8.38. The Morgan fingerprint density at radius 3 is 2.81 bits per heavy atom. The lowest BCUT2D eigenvalue weighted by atomic mass is 9.97. The van der Waals surface area contributed by atoms with E-state index in [1.54, 1.807) is 6.20 Å². The van der Waals surface area contributed by atoms with E-state index in [2.05, 4.69) is 55.2 Å². The molecular formula is C18H29IN6S. The number of hydrogen-bond acceptors (Lipinski definition) is 4. The van der Waals surface area contributed by atoms with Gasteiger partial charge in [-0.1, -0.05) is 13.0 Å². The van der Waals surface area contributed by atoms with Crippen molar-refractivity contribution in [2.75, 3.05) is 26.7 Å². The summed E-state index contributed by atoms with van der Waals surface area (Å²) in [6, 6.07) is 6.75. The van der Waals surface area contributed by atoms with Crippen molar-refractivity contribution in [2.45, 2.75) is 32.4 Å². The molecule has 1 fully saturated rings. The van der Waals surface area contributed by atoms with Gasteiger partial charge in [-0.2, -0.15) is 5.10 Å². The fourth-order valence-corrected chi connectivity index (χ4v) is 4.07. The highest BCUT2D eigenvalue weighted by molar-refractivity contribution is 14.0. The molecule has 3 N–H and O–H groups in total. The molecule has 2 aromatic rings. The number of aliphatic imine (C=N–C) groups is 1. The van der Waals surface area contributed by atoms with E-state index in [0.29, 0.717) is 12.6 Å². The van der Waals surface area contributed by atoms with Gasteiger partial charge in [-0.15, -0.1) is 35.3 Å². The molecule has 0 radical (unpaired) electrons. The largest absolute Gasteiger partial charge is 0.354 e. The van der Waals surface area contributed by atoms with E-state index < -0.39 is 0 Å². The molecule has 2 aromatic heterocycles. The first-order chi connectivity index (χ1) is 12.3. The molecule has 1 atom stereocenters. The van der Waals surface area contributed by atoms with Crippen molar-refractivity contribution in [1.29, 1.82) is 0 Å². The Kier molecular flexibility index (Phi) is 8.86. The summed E-state index contributed by atoms with van der Waals surface area (Å²) in [5.41, 5.74) is 1.04. The van der Waals surface area contributed by atoms with E-state index in [9.17, 15) is 0 Å². The smallest absolute Gasteiger partial charge is 0.191 e. The molecule has 1 unspecified atom stereocenters. The minimum absolute atomic E-state index is 0. The summed E-state index contributed by atoms with van der Waals surface area (Å²) in [6.45, 7) is 6.25. The van der Waals surface area contributed by atoms with Crippen LogP contribution in [0.3, 0.4) is 0 Å². The average Bonchev–Trinajstić information content (AvgIpc) is 3.33. The number of hydrogen-bond donors (Lipinski definition) is 3. The van der Waals surface area contributed by atoms with E-state index in [4.69, 9.17) is 0 Å². The van der Waals surface area contributed by atoms with Gasteiger partial charge >= 0.3 is 0 Å². The van der Waals surface area contributed by atoms with Gasteiger partial charge in [0.05, 0.1) is 18.3 Å².